The lowest BCUT2D eigenvalue weighted by Crippen LogP contribution is -2.55. The first-order valence-electron chi connectivity index (χ1n) is 13.0. The van der Waals surface area contributed by atoms with Gasteiger partial charge in [0.1, 0.15) is 29.7 Å². The summed E-state index contributed by atoms with van der Waals surface area (Å²) in [4.78, 5) is 14.8. The van der Waals surface area contributed by atoms with E-state index in [0.29, 0.717) is 35.6 Å². The highest BCUT2D eigenvalue weighted by molar-refractivity contribution is 9.08. The van der Waals surface area contributed by atoms with Crippen LogP contribution in [-0.2, 0) is 16.7 Å². The third kappa shape index (κ3) is 6.03. The van der Waals surface area contributed by atoms with Gasteiger partial charge in [0.25, 0.3) is 0 Å². The quantitative estimate of drug-likeness (QED) is 0.146. The number of carbonyl (C=O) groups is 1. The number of aliphatic hydroxyl groups is 1. The van der Waals surface area contributed by atoms with Crippen LogP contribution in [0.4, 0.5) is 14.5 Å². The molecule has 1 fully saturated rings. The molecule has 5 rings (SSSR count). The number of aliphatic hydroxyl groups excluding tert-OH is 1. The summed E-state index contributed by atoms with van der Waals surface area (Å²) >= 11 is 3.43. The van der Waals surface area contributed by atoms with Crippen molar-refractivity contribution in [1.29, 1.82) is 0 Å². The van der Waals surface area contributed by atoms with E-state index in [1.807, 2.05) is 24.3 Å². The molecule has 5 nitrogen and oxygen atoms in total. The molecule has 0 aromatic heterocycles. The minimum absolute atomic E-state index is 0.0270. The highest BCUT2D eigenvalue weighted by Gasteiger charge is 2.49. The standard InChI is InChI=1S/C32H28BrF2NO4/c33-18-20-1-3-21(4-2-20)19-40-26-13-14-27(30(38)17-26)31-28(15-16-29(37)22-5-7-23(34)8-6-22)32(39)36(31)25-11-9-24(35)10-12-25/h1-14,17,28-29,31,37-38H,15-16,18-19H2/t28?,29-,31+/m0/s1. The van der Waals surface area contributed by atoms with Gasteiger partial charge in [-0.15, -0.1) is 0 Å². The van der Waals surface area contributed by atoms with E-state index in [1.54, 1.807) is 12.1 Å². The molecule has 1 heterocycles. The maximum Gasteiger partial charge on any atom is 0.233 e. The number of phenols is 1. The van der Waals surface area contributed by atoms with Crippen molar-refractivity contribution >= 4 is 27.5 Å². The number of benzene rings is 4. The van der Waals surface area contributed by atoms with Crippen LogP contribution in [0.25, 0.3) is 0 Å². The van der Waals surface area contributed by atoms with Gasteiger partial charge < -0.3 is 19.8 Å². The molecule has 4 aromatic rings. The van der Waals surface area contributed by atoms with Crippen LogP contribution in [0.5, 0.6) is 11.5 Å². The van der Waals surface area contributed by atoms with E-state index in [0.717, 1.165) is 16.5 Å². The number of amides is 1. The number of anilines is 1. The maximum absolute atomic E-state index is 13.6. The van der Waals surface area contributed by atoms with Crippen molar-refractivity contribution in [3.63, 3.8) is 0 Å². The Morgan fingerprint density at radius 1 is 0.875 bits per heavy atom. The Balaban J connectivity index is 1.34. The Morgan fingerprint density at radius 3 is 2.12 bits per heavy atom. The van der Waals surface area contributed by atoms with Gasteiger partial charge >= 0.3 is 0 Å². The summed E-state index contributed by atoms with van der Waals surface area (Å²) in [7, 11) is 0. The van der Waals surface area contributed by atoms with Crippen molar-refractivity contribution in [1.82, 2.24) is 0 Å². The molecule has 8 heteroatoms. The second-order valence-electron chi connectivity index (χ2n) is 9.84. The molecule has 0 bridgehead atoms. The Bertz CT molecular complexity index is 1460. The summed E-state index contributed by atoms with van der Waals surface area (Å²) in [5, 5.41) is 22.4. The predicted octanol–water partition coefficient (Wildman–Crippen LogP) is 7.36. The zero-order valence-electron chi connectivity index (χ0n) is 21.5. The number of phenolic OH excluding ortho intramolecular Hbond substituents is 1. The fourth-order valence-electron chi connectivity index (χ4n) is 5.02. The number of halogens is 3. The molecule has 3 atom stereocenters. The Kier molecular flexibility index (Phi) is 8.47. The summed E-state index contributed by atoms with van der Waals surface area (Å²) in [6.45, 7) is 0.328. The first-order valence-corrected chi connectivity index (χ1v) is 14.1. The number of ether oxygens (including phenoxy) is 1. The number of β-lactam (4-membered cyclic amide) rings is 1. The van der Waals surface area contributed by atoms with E-state index >= 15 is 0 Å². The Hall–Kier alpha value is -3.75. The third-order valence-electron chi connectivity index (χ3n) is 7.23. The SMILES string of the molecule is O=C1C(CC[C@H](O)c2ccc(F)cc2)[C@@H](c2ccc(OCc3ccc(CBr)cc3)cc2O)N1c1ccc(F)cc1. The summed E-state index contributed by atoms with van der Waals surface area (Å²) in [6.07, 6.45) is -0.269. The van der Waals surface area contributed by atoms with Gasteiger partial charge in [-0.25, -0.2) is 8.78 Å². The minimum atomic E-state index is -0.873. The second kappa shape index (κ2) is 12.2. The molecule has 1 aliphatic rings. The van der Waals surface area contributed by atoms with Crippen LogP contribution in [0, 0.1) is 17.6 Å². The van der Waals surface area contributed by atoms with Gasteiger partial charge in [-0.2, -0.15) is 0 Å². The molecule has 1 aliphatic heterocycles. The molecular formula is C32H28BrF2NO4. The van der Waals surface area contributed by atoms with E-state index in [9.17, 15) is 23.8 Å². The van der Waals surface area contributed by atoms with Crippen molar-refractivity contribution in [2.24, 2.45) is 5.92 Å². The Morgan fingerprint density at radius 2 is 1.50 bits per heavy atom. The highest BCUT2D eigenvalue weighted by Crippen LogP contribution is 2.49. The number of nitrogens with zero attached hydrogens (tertiary/aromatic N) is 1. The molecule has 0 spiro atoms. The molecule has 1 unspecified atom stereocenters. The van der Waals surface area contributed by atoms with Crippen molar-refractivity contribution in [2.45, 2.75) is 36.9 Å². The lowest BCUT2D eigenvalue weighted by molar-refractivity contribution is -0.131. The Labute approximate surface area is 239 Å². The van der Waals surface area contributed by atoms with Gasteiger partial charge in [0, 0.05) is 22.6 Å². The predicted molar refractivity (Wildman–Crippen MR) is 152 cm³/mol. The summed E-state index contributed by atoms with van der Waals surface area (Å²) < 4.78 is 32.8. The van der Waals surface area contributed by atoms with Gasteiger partial charge in [-0.3, -0.25) is 4.79 Å². The molecule has 206 valence electrons. The lowest BCUT2D eigenvalue weighted by Gasteiger charge is -2.48. The molecule has 4 aromatic carbocycles. The number of hydrogen-bond acceptors (Lipinski definition) is 4. The van der Waals surface area contributed by atoms with E-state index in [2.05, 4.69) is 15.9 Å². The van der Waals surface area contributed by atoms with Gasteiger partial charge in [-0.1, -0.05) is 52.3 Å². The topological polar surface area (TPSA) is 70.0 Å². The average molecular weight is 608 g/mol. The number of rotatable bonds is 10. The number of alkyl halides is 1. The fourth-order valence-corrected chi connectivity index (χ4v) is 5.39. The molecule has 0 aliphatic carbocycles. The van der Waals surface area contributed by atoms with Crippen LogP contribution in [0.3, 0.4) is 0 Å². The van der Waals surface area contributed by atoms with Crippen LogP contribution in [0.1, 0.15) is 47.2 Å². The van der Waals surface area contributed by atoms with Gasteiger partial charge in [0.05, 0.1) is 18.1 Å². The van der Waals surface area contributed by atoms with Crippen molar-refractivity contribution in [2.75, 3.05) is 4.90 Å². The second-order valence-corrected chi connectivity index (χ2v) is 10.4. The van der Waals surface area contributed by atoms with Crippen LogP contribution < -0.4 is 9.64 Å². The average Bonchev–Trinajstić information content (AvgIpc) is 2.96. The van der Waals surface area contributed by atoms with Gasteiger partial charge in [-0.05, 0) is 78.1 Å². The van der Waals surface area contributed by atoms with E-state index in [4.69, 9.17) is 4.74 Å². The molecule has 0 radical (unpaired) electrons. The van der Waals surface area contributed by atoms with E-state index in [1.165, 1.54) is 59.5 Å². The molecule has 1 amide bonds. The lowest BCUT2D eigenvalue weighted by atomic mass is 9.78. The van der Waals surface area contributed by atoms with Crippen LogP contribution >= 0.6 is 15.9 Å². The normalized spacial score (nSPS) is 17.4. The van der Waals surface area contributed by atoms with Crippen molar-refractivity contribution in [3.05, 3.63) is 125 Å². The van der Waals surface area contributed by atoms with Crippen molar-refractivity contribution < 1.29 is 28.5 Å². The number of aromatic hydroxyl groups is 1. The molecule has 2 N–H and O–H groups in total. The van der Waals surface area contributed by atoms with Crippen molar-refractivity contribution in [3.8, 4) is 11.5 Å². The first kappa shape index (κ1) is 27.8. The summed E-state index contributed by atoms with van der Waals surface area (Å²) in [6, 6.07) is 23.7. The first-order chi connectivity index (χ1) is 19.3. The van der Waals surface area contributed by atoms with Crippen LogP contribution in [0.2, 0.25) is 0 Å². The zero-order valence-corrected chi connectivity index (χ0v) is 23.1. The number of hydrogen-bond donors (Lipinski definition) is 2. The smallest absolute Gasteiger partial charge is 0.233 e. The van der Waals surface area contributed by atoms with Crippen LogP contribution in [0.15, 0.2) is 91.0 Å². The molecule has 40 heavy (non-hydrogen) atoms. The molecule has 1 saturated heterocycles. The zero-order chi connectivity index (χ0) is 28.2. The summed E-state index contributed by atoms with van der Waals surface area (Å²) in [5.74, 6) is -1.07. The fraction of sp³-hybridized carbons (Fsp3) is 0.219. The van der Waals surface area contributed by atoms with Crippen LogP contribution in [-0.4, -0.2) is 16.1 Å². The van der Waals surface area contributed by atoms with Gasteiger partial charge in [0.15, 0.2) is 0 Å². The van der Waals surface area contributed by atoms with Gasteiger partial charge in [0.2, 0.25) is 5.91 Å². The van der Waals surface area contributed by atoms with E-state index in [-0.39, 0.29) is 18.1 Å². The maximum atomic E-state index is 13.6. The minimum Gasteiger partial charge on any atom is -0.507 e. The number of carbonyl (C=O) groups excluding carboxylic acids is 1. The summed E-state index contributed by atoms with van der Waals surface area (Å²) in [5.41, 5.74) is 3.75. The third-order valence-corrected chi connectivity index (χ3v) is 7.88. The monoisotopic (exact) mass is 607 g/mol. The molecule has 0 saturated carbocycles. The van der Waals surface area contributed by atoms with E-state index < -0.39 is 29.7 Å². The molecular weight excluding hydrogens is 580 g/mol. The largest absolute Gasteiger partial charge is 0.507 e. The highest BCUT2D eigenvalue weighted by atomic mass is 79.9.